The zero-order chi connectivity index (χ0) is 11.7. The molecule has 0 spiro atoms. The van der Waals surface area contributed by atoms with Crippen LogP contribution in [0, 0.1) is 11.8 Å². The van der Waals surface area contributed by atoms with Crippen molar-refractivity contribution in [3.63, 3.8) is 0 Å². The molecule has 1 atom stereocenters. The molecule has 0 saturated carbocycles. The molecule has 0 heterocycles. The number of hydrogen-bond acceptors (Lipinski definition) is 2. The van der Waals surface area contributed by atoms with E-state index >= 15 is 0 Å². The number of hydrogen-bond donors (Lipinski definition) is 1. The first-order valence-electron chi connectivity index (χ1n) is 6.53. The molecule has 92 valence electrons. The maximum Gasteiger partial charge on any atom is 0.00191 e. The first-order chi connectivity index (χ1) is 7.10. The molecule has 1 N–H and O–H groups in total. The summed E-state index contributed by atoms with van der Waals surface area (Å²) in [7, 11) is 0. The van der Waals surface area contributed by atoms with Crippen molar-refractivity contribution in [3.05, 3.63) is 0 Å². The van der Waals surface area contributed by atoms with Crippen molar-refractivity contribution in [1.82, 2.24) is 10.2 Å². The van der Waals surface area contributed by atoms with Crippen LogP contribution in [-0.4, -0.2) is 37.6 Å². The predicted molar refractivity (Wildman–Crippen MR) is 69.3 cm³/mol. The van der Waals surface area contributed by atoms with Gasteiger partial charge in [0, 0.05) is 13.1 Å². The van der Waals surface area contributed by atoms with Crippen LogP contribution in [0.15, 0.2) is 0 Å². The SMILES string of the molecule is CCCNCC(C)CN(CC)CC(C)C. The van der Waals surface area contributed by atoms with Crippen LogP contribution >= 0.6 is 0 Å². The summed E-state index contributed by atoms with van der Waals surface area (Å²) in [5.41, 5.74) is 0. The van der Waals surface area contributed by atoms with Crippen LogP contribution in [0.25, 0.3) is 0 Å². The van der Waals surface area contributed by atoms with E-state index in [1.807, 2.05) is 0 Å². The highest BCUT2D eigenvalue weighted by atomic mass is 15.1. The van der Waals surface area contributed by atoms with Gasteiger partial charge in [0.15, 0.2) is 0 Å². The largest absolute Gasteiger partial charge is 0.316 e. The fraction of sp³-hybridized carbons (Fsp3) is 1.00. The Bertz CT molecular complexity index is 134. The zero-order valence-corrected chi connectivity index (χ0v) is 11.3. The topological polar surface area (TPSA) is 15.3 Å². The quantitative estimate of drug-likeness (QED) is 0.594. The Morgan fingerprint density at radius 1 is 1.07 bits per heavy atom. The summed E-state index contributed by atoms with van der Waals surface area (Å²) in [5, 5.41) is 3.49. The van der Waals surface area contributed by atoms with Gasteiger partial charge in [-0.25, -0.2) is 0 Å². The van der Waals surface area contributed by atoms with Gasteiger partial charge in [0.1, 0.15) is 0 Å². The molecule has 2 heteroatoms. The van der Waals surface area contributed by atoms with Crippen molar-refractivity contribution in [1.29, 1.82) is 0 Å². The third kappa shape index (κ3) is 8.88. The Labute approximate surface area is 96.4 Å². The van der Waals surface area contributed by atoms with Crippen LogP contribution in [0.3, 0.4) is 0 Å². The summed E-state index contributed by atoms with van der Waals surface area (Å²) in [4.78, 5) is 2.56. The Balaban J connectivity index is 3.65. The summed E-state index contributed by atoms with van der Waals surface area (Å²) in [6.07, 6.45) is 1.23. The predicted octanol–water partition coefficient (Wildman–Crippen LogP) is 2.60. The average molecular weight is 214 g/mol. The van der Waals surface area contributed by atoms with Crippen molar-refractivity contribution >= 4 is 0 Å². The van der Waals surface area contributed by atoms with E-state index in [1.54, 1.807) is 0 Å². The van der Waals surface area contributed by atoms with Crippen LogP contribution in [0.5, 0.6) is 0 Å². The summed E-state index contributed by atoms with van der Waals surface area (Å²) in [6, 6.07) is 0. The second-order valence-corrected chi connectivity index (χ2v) is 5.06. The fourth-order valence-corrected chi connectivity index (χ4v) is 1.88. The maximum absolute atomic E-state index is 3.49. The van der Waals surface area contributed by atoms with Crippen LogP contribution in [0.4, 0.5) is 0 Å². The minimum absolute atomic E-state index is 0.759. The summed E-state index contributed by atoms with van der Waals surface area (Å²) >= 11 is 0. The lowest BCUT2D eigenvalue weighted by Gasteiger charge is -2.26. The molecule has 0 aromatic heterocycles. The molecule has 0 amide bonds. The van der Waals surface area contributed by atoms with Gasteiger partial charge in [0.2, 0.25) is 0 Å². The lowest BCUT2D eigenvalue weighted by atomic mass is 10.1. The van der Waals surface area contributed by atoms with Gasteiger partial charge in [-0.1, -0.05) is 34.6 Å². The number of rotatable bonds is 9. The Morgan fingerprint density at radius 2 is 1.73 bits per heavy atom. The van der Waals surface area contributed by atoms with E-state index in [2.05, 4.69) is 44.8 Å². The molecule has 0 rings (SSSR count). The van der Waals surface area contributed by atoms with Gasteiger partial charge in [-0.2, -0.15) is 0 Å². The summed E-state index contributed by atoms with van der Waals surface area (Å²) in [5.74, 6) is 1.54. The minimum Gasteiger partial charge on any atom is -0.316 e. The van der Waals surface area contributed by atoms with E-state index in [1.165, 1.54) is 26.1 Å². The second-order valence-electron chi connectivity index (χ2n) is 5.06. The second kappa shape index (κ2) is 9.17. The van der Waals surface area contributed by atoms with Gasteiger partial charge < -0.3 is 10.2 Å². The van der Waals surface area contributed by atoms with Crippen molar-refractivity contribution in [2.24, 2.45) is 11.8 Å². The molecule has 0 saturated heterocycles. The monoisotopic (exact) mass is 214 g/mol. The molecule has 15 heavy (non-hydrogen) atoms. The third-order valence-corrected chi connectivity index (χ3v) is 2.56. The van der Waals surface area contributed by atoms with Crippen molar-refractivity contribution in [2.45, 2.75) is 41.0 Å². The molecule has 0 bridgehead atoms. The molecule has 0 aromatic carbocycles. The smallest absolute Gasteiger partial charge is 0.00191 e. The molecule has 0 aromatic rings. The van der Waals surface area contributed by atoms with Crippen LogP contribution in [0.2, 0.25) is 0 Å². The summed E-state index contributed by atoms with van der Waals surface area (Å²) < 4.78 is 0. The standard InChI is InChI=1S/C13H30N2/c1-6-8-14-9-13(5)11-15(7-2)10-12(3)4/h12-14H,6-11H2,1-5H3. The first kappa shape index (κ1) is 14.9. The zero-order valence-electron chi connectivity index (χ0n) is 11.3. The van der Waals surface area contributed by atoms with Gasteiger partial charge in [-0.3, -0.25) is 0 Å². The van der Waals surface area contributed by atoms with E-state index in [4.69, 9.17) is 0 Å². The van der Waals surface area contributed by atoms with E-state index < -0.39 is 0 Å². The van der Waals surface area contributed by atoms with Crippen molar-refractivity contribution in [3.8, 4) is 0 Å². The minimum atomic E-state index is 0.759. The Hall–Kier alpha value is -0.0800. The van der Waals surface area contributed by atoms with E-state index in [9.17, 15) is 0 Å². The highest BCUT2D eigenvalue weighted by Crippen LogP contribution is 2.03. The van der Waals surface area contributed by atoms with Crippen LogP contribution < -0.4 is 5.32 Å². The molecule has 0 aliphatic heterocycles. The fourth-order valence-electron chi connectivity index (χ4n) is 1.88. The molecule has 0 fully saturated rings. The van der Waals surface area contributed by atoms with Gasteiger partial charge in [-0.05, 0) is 37.9 Å². The lowest BCUT2D eigenvalue weighted by molar-refractivity contribution is 0.221. The molecule has 1 unspecified atom stereocenters. The molecule has 2 nitrogen and oxygen atoms in total. The molecule has 0 radical (unpaired) electrons. The van der Waals surface area contributed by atoms with E-state index in [-0.39, 0.29) is 0 Å². The maximum atomic E-state index is 3.49. The Morgan fingerprint density at radius 3 is 2.20 bits per heavy atom. The van der Waals surface area contributed by atoms with E-state index in [0.29, 0.717) is 0 Å². The number of nitrogens with zero attached hydrogens (tertiary/aromatic N) is 1. The normalized spacial score (nSPS) is 13.8. The molecule has 0 aliphatic carbocycles. The molecular weight excluding hydrogens is 184 g/mol. The average Bonchev–Trinajstić information content (AvgIpc) is 2.16. The third-order valence-electron chi connectivity index (χ3n) is 2.56. The highest BCUT2D eigenvalue weighted by molar-refractivity contribution is 4.65. The van der Waals surface area contributed by atoms with Gasteiger partial charge in [0.05, 0.1) is 0 Å². The van der Waals surface area contributed by atoms with E-state index in [0.717, 1.165) is 24.9 Å². The van der Waals surface area contributed by atoms with Crippen LogP contribution in [0.1, 0.15) is 41.0 Å². The summed E-state index contributed by atoms with van der Waals surface area (Å²) in [6.45, 7) is 17.3. The number of nitrogens with one attached hydrogen (secondary N) is 1. The van der Waals surface area contributed by atoms with Gasteiger partial charge >= 0.3 is 0 Å². The highest BCUT2D eigenvalue weighted by Gasteiger charge is 2.09. The first-order valence-corrected chi connectivity index (χ1v) is 6.53. The van der Waals surface area contributed by atoms with Crippen LogP contribution in [-0.2, 0) is 0 Å². The van der Waals surface area contributed by atoms with Crippen molar-refractivity contribution in [2.75, 3.05) is 32.7 Å². The van der Waals surface area contributed by atoms with Gasteiger partial charge in [-0.15, -0.1) is 0 Å². The Kier molecular flexibility index (Phi) is 9.12. The molecular formula is C13H30N2. The van der Waals surface area contributed by atoms with Gasteiger partial charge in [0.25, 0.3) is 0 Å². The molecule has 0 aliphatic rings. The lowest BCUT2D eigenvalue weighted by Crippen LogP contribution is -2.35. The van der Waals surface area contributed by atoms with Crippen molar-refractivity contribution < 1.29 is 0 Å².